The first-order chi connectivity index (χ1) is 20.2. The van der Waals surface area contributed by atoms with Crippen molar-refractivity contribution in [3.05, 3.63) is 51.0 Å². The van der Waals surface area contributed by atoms with Crippen LogP contribution in [0.5, 0.6) is 11.5 Å². The molecule has 2 aromatic rings. The molecular formula is C30H40Cl4N4O5. The van der Waals surface area contributed by atoms with Gasteiger partial charge in [-0.15, -0.1) is 12.4 Å². The number of ether oxygens (including phenoxy) is 2. The zero-order valence-corrected chi connectivity index (χ0v) is 27.3. The molecule has 238 valence electrons. The number of rotatable bonds is 10. The number of nitrogens with one attached hydrogen (secondary N) is 1. The molecule has 9 nitrogen and oxygen atoms in total. The van der Waals surface area contributed by atoms with E-state index >= 15 is 0 Å². The summed E-state index contributed by atoms with van der Waals surface area (Å²) in [6, 6.07) is 8.20. The highest BCUT2D eigenvalue weighted by atomic mass is 35.5. The molecule has 2 amide bonds. The number of carboxylic acid groups (broad SMARTS) is 1. The van der Waals surface area contributed by atoms with Gasteiger partial charge in [0.1, 0.15) is 16.5 Å². The molecule has 2 fully saturated rings. The molecule has 13 heteroatoms. The molecular weight excluding hydrogens is 638 g/mol. The molecule has 2 atom stereocenters. The normalized spacial score (nSPS) is 18.7. The number of hydrogen-bond donors (Lipinski definition) is 3. The number of nitrogens with zero attached hydrogens (tertiary/aromatic N) is 2. The summed E-state index contributed by atoms with van der Waals surface area (Å²) in [5.41, 5.74) is 6.55. The van der Waals surface area contributed by atoms with Crippen molar-refractivity contribution in [1.29, 1.82) is 0 Å². The fourth-order valence-electron chi connectivity index (χ4n) is 5.89. The number of piperidine rings is 1. The lowest BCUT2D eigenvalue weighted by Crippen LogP contribution is -2.50. The van der Waals surface area contributed by atoms with Gasteiger partial charge in [0.05, 0.1) is 35.0 Å². The van der Waals surface area contributed by atoms with Crippen LogP contribution in [0.3, 0.4) is 0 Å². The van der Waals surface area contributed by atoms with E-state index in [2.05, 4.69) is 10.2 Å². The predicted octanol–water partition coefficient (Wildman–Crippen LogP) is 6.72. The fourth-order valence-corrected chi connectivity index (χ4v) is 6.40. The molecule has 2 aliphatic heterocycles. The monoisotopic (exact) mass is 676 g/mol. The zero-order chi connectivity index (χ0) is 30.2. The van der Waals surface area contributed by atoms with E-state index in [1.807, 2.05) is 0 Å². The van der Waals surface area contributed by atoms with Crippen molar-refractivity contribution in [2.24, 2.45) is 11.8 Å². The van der Waals surface area contributed by atoms with Gasteiger partial charge in [-0.2, -0.15) is 0 Å². The van der Waals surface area contributed by atoms with Crippen LogP contribution in [-0.4, -0.2) is 79.4 Å². The van der Waals surface area contributed by atoms with Gasteiger partial charge < -0.3 is 35.4 Å². The third-order valence-electron chi connectivity index (χ3n) is 8.27. The van der Waals surface area contributed by atoms with Crippen molar-refractivity contribution in [2.45, 2.75) is 44.6 Å². The van der Waals surface area contributed by atoms with E-state index < -0.39 is 6.09 Å². The van der Waals surface area contributed by atoms with E-state index in [0.717, 1.165) is 51.6 Å². The van der Waals surface area contributed by atoms with Crippen LogP contribution in [0, 0.1) is 11.8 Å². The molecule has 2 heterocycles. The summed E-state index contributed by atoms with van der Waals surface area (Å²) in [7, 11) is 1.49. The Morgan fingerprint density at radius 1 is 1.05 bits per heavy atom. The average Bonchev–Trinajstić information content (AvgIpc) is 3.24. The lowest BCUT2D eigenvalue weighted by molar-refractivity contribution is 0.0613. The number of hydrogen-bond acceptors (Lipinski definition) is 6. The highest BCUT2D eigenvalue weighted by Crippen LogP contribution is 2.33. The van der Waals surface area contributed by atoms with Crippen LogP contribution in [-0.2, 0) is 0 Å². The average molecular weight is 678 g/mol. The Balaban J connectivity index is 0.00000506. The Morgan fingerprint density at radius 3 is 2.49 bits per heavy atom. The molecule has 0 aliphatic carbocycles. The molecule has 2 aromatic carbocycles. The van der Waals surface area contributed by atoms with E-state index in [-0.39, 0.29) is 30.3 Å². The zero-order valence-electron chi connectivity index (χ0n) is 24.2. The Labute approximate surface area is 274 Å². The van der Waals surface area contributed by atoms with Gasteiger partial charge in [0.2, 0.25) is 0 Å². The molecule has 0 radical (unpaired) electrons. The molecule has 4 N–H and O–H groups in total. The number of carbonyl (C=O) groups excluding carboxylic acids is 1. The van der Waals surface area contributed by atoms with Crippen molar-refractivity contribution in [3.63, 3.8) is 0 Å². The number of anilines is 1. The van der Waals surface area contributed by atoms with Crippen molar-refractivity contribution in [2.75, 3.05) is 52.2 Å². The van der Waals surface area contributed by atoms with Gasteiger partial charge in [0.25, 0.3) is 5.91 Å². The number of nitrogens with two attached hydrogens (primary N) is 1. The SMILES string of the molecule is COc1cc(N)c(Cl)cc1C(=O)NCC1CCN(CC(COc2cccc(Cl)c2Cl)C2CCCCCN2C(=O)O)CC1.Cl. The van der Waals surface area contributed by atoms with Crippen LogP contribution in [0.2, 0.25) is 15.1 Å². The molecule has 0 spiro atoms. The largest absolute Gasteiger partial charge is 0.496 e. The van der Waals surface area contributed by atoms with Crippen molar-refractivity contribution >= 4 is 64.9 Å². The van der Waals surface area contributed by atoms with E-state index in [1.54, 1.807) is 29.2 Å². The third-order valence-corrected chi connectivity index (χ3v) is 9.40. The molecule has 2 aliphatic rings. The van der Waals surface area contributed by atoms with Crippen LogP contribution >= 0.6 is 47.2 Å². The van der Waals surface area contributed by atoms with Gasteiger partial charge in [-0.1, -0.05) is 53.7 Å². The summed E-state index contributed by atoms with van der Waals surface area (Å²) in [6.45, 7) is 3.77. The summed E-state index contributed by atoms with van der Waals surface area (Å²) in [6.07, 6.45) is 4.57. The Hall–Kier alpha value is -2.30. The summed E-state index contributed by atoms with van der Waals surface area (Å²) in [5, 5.41) is 14.1. The predicted molar refractivity (Wildman–Crippen MR) is 174 cm³/mol. The maximum absolute atomic E-state index is 12.9. The molecule has 0 aromatic heterocycles. The number of likely N-dealkylation sites (tertiary alicyclic amines) is 2. The summed E-state index contributed by atoms with van der Waals surface area (Å²) < 4.78 is 11.5. The number of carbonyl (C=O) groups is 2. The van der Waals surface area contributed by atoms with E-state index in [1.165, 1.54) is 13.2 Å². The second-order valence-corrected chi connectivity index (χ2v) is 12.2. The fraction of sp³-hybridized carbons (Fsp3) is 0.533. The molecule has 4 rings (SSSR count). The molecule has 43 heavy (non-hydrogen) atoms. The number of benzene rings is 2. The molecule has 0 bridgehead atoms. The minimum absolute atomic E-state index is 0. The second-order valence-electron chi connectivity index (χ2n) is 11.0. The second kappa shape index (κ2) is 16.7. The van der Waals surface area contributed by atoms with Crippen LogP contribution in [0.1, 0.15) is 48.9 Å². The first-order valence-electron chi connectivity index (χ1n) is 14.4. The maximum Gasteiger partial charge on any atom is 0.407 e. The first-order valence-corrected chi connectivity index (χ1v) is 15.5. The van der Waals surface area contributed by atoms with Gasteiger partial charge >= 0.3 is 6.09 Å². The quantitative estimate of drug-likeness (QED) is 0.239. The number of methoxy groups -OCH3 is 1. The molecule has 0 saturated carbocycles. The van der Waals surface area contributed by atoms with Crippen molar-refractivity contribution in [1.82, 2.24) is 15.1 Å². The van der Waals surface area contributed by atoms with Gasteiger partial charge in [-0.3, -0.25) is 4.79 Å². The van der Waals surface area contributed by atoms with Gasteiger partial charge in [0.15, 0.2) is 0 Å². The van der Waals surface area contributed by atoms with Gasteiger partial charge in [-0.25, -0.2) is 4.79 Å². The highest BCUT2D eigenvalue weighted by molar-refractivity contribution is 6.42. The van der Waals surface area contributed by atoms with Crippen molar-refractivity contribution < 1.29 is 24.2 Å². The van der Waals surface area contributed by atoms with E-state index in [9.17, 15) is 14.7 Å². The third kappa shape index (κ3) is 9.35. The maximum atomic E-state index is 12.9. The molecule has 2 saturated heterocycles. The number of halogens is 4. The van der Waals surface area contributed by atoms with E-state index in [0.29, 0.717) is 70.0 Å². The number of amides is 2. The van der Waals surface area contributed by atoms with Crippen molar-refractivity contribution in [3.8, 4) is 11.5 Å². The molecule has 2 unspecified atom stereocenters. The summed E-state index contributed by atoms with van der Waals surface area (Å²) in [4.78, 5) is 29.1. The Morgan fingerprint density at radius 2 is 1.79 bits per heavy atom. The Bertz CT molecular complexity index is 1250. The lowest BCUT2D eigenvalue weighted by Gasteiger charge is -2.39. The van der Waals surface area contributed by atoms with Crippen LogP contribution < -0.4 is 20.5 Å². The summed E-state index contributed by atoms with van der Waals surface area (Å²) in [5.74, 6) is 0.890. The van der Waals surface area contributed by atoms with Crippen LogP contribution in [0.15, 0.2) is 30.3 Å². The smallest absolute Gasteiger partial charge is 0.407 e. The standard InChI is InChI=1S/C30H39Cl3N4O5.ClH/c1-41-27-15-24(34)23(32)14-21(27)29(38)35-16-19-9-12-36(13-10-19)17-20(18-42-26-8-5-6-22(31)28(26)33)25-7-3-2-4-11-37(25)30(39)40;/h5-6,8,14-15,19-20,25H,2-4,7,9-13,16-18,34H2,1H3,(H,35,38)(H,39,40);1H. The number of nitrogen functional groups attached to an aromatic ring is 1. The van der Waals surface area contributed by atoms with Crippen LogP contribution in [0.4, 0.5) is 10.5 Å². The minimum atomic E-state index is -0.888. The van der Waals surface area contributed by atoms with Gasteiger partial charge in [0, 0.05) is 37.7 Å². The van der Waals surface area contributed by atoms with Gasteiger partial charge in [-0.05, 0) is 62.9 Å². The lowest BCUT2D eigenvalue weighted by atomic mass is 9.91. The van der Waals surface area contributed by atoms with Crippen LogP contribution in [0.25, 0.3) is 0 Å². The first kappa shape index (κ1) is 35.2. The summed E-state index contributed by atoms with van der Waals surface area (Å²) >= 11 is 18.7. The Kier molecular flexibility index (Phi) is 13.6. The van der Waals surface area contributed by atoms with E-state index in [4.69, 9.17) is 50.0 Å². The highest BCUT2D eigenvalue weighted by Gasteiger charge is 2.34. The minimum Gasteiger partial charge on any atom is -0.496 e. The topological polar surface area (TPSA) is 117 Å².